The first-order valence-corrected chi connectivity index (χ1v) is 6.79. The van der Waals surface area contributed by atoms with E-state index in [0.29, 0.717) is 0 Å². The van der Waals surface area contributed by atoms with Crippen LogP contribution in [0.3, 0.4) is 0 Å². The molecule has 0 N–H and O–H groups in total. The molecule has 0 aliphatic carbocycles. The molecule has 0 saturated carbocycles. The maximum absolute atomic E-state index is 11.7. The molecule has 0 amide bonds. The van der Waals surface area contributed by atoms with Gasteiger partial charge in [-0.25, -0.2) is 0 Å². The Bertz CT molecular complexity index is 454. The quantitative estimate of drug-likeness (QED) is 0.768. The summed E-state index contributed by atoms with van der Waals surface area (Å²) in [6.45, 7) is 7.15. The second-order valence-electron chi connectivity index (χ2n) is 5.29. The normalized spacial score (nSPS) is 18.5. The first kappa shape index (κ1) is 12.6. The molecule has 1 aliphatic rings. The molecule has 0 radical (unpaired) electrons. The molecule has 2 rings (SSSR count). The van der Waals surface area contributed by atoms with E-state index in [9.17, 15) is 4.79 Å². The predicted octanol–water partition coefficient (Wildman–Crippen LogP) is 4.03. The van der Waals surface area contributed by atoms with Gasteiger partial charge in [-0.1, -0.05) is 15.9 Å². The summed E-state index contributed by atoms with van der Waals surface area (Å²) in [7, 11) is 0. The number of carbonyl (C=O) groups excluding carboxylic acids is 1. The Morgan fingerprint density at radius 3 is 2.65 bits per heavy atom. The first-order valence-electron chi connectivity index (χ1n) is 6.00. The molecule has 1 aromatic carbocycles. The monoisotopic (exact) mass is 295 g/mol. The third kappa shape index (κ3) is 2.39. The van der Waals surface area contributed by atoms with E-state index in [1.807, 2.05) is 18.2 Å². The summed E-state index contributed by atoms with van der Waals surface area (Å²) in [5.74, 6) is 0.129. The molecule has 1 fully saturated rings. The average molecular weight is 296 g/mol. The number of hydrogen-bond donors (Lipinski definition) is 0. The van der Waals surface area contributed by atoms with E-state index in [2.05, 4.69) is 34.7 Å². The number of carbonyl (C=O) groups is 1. The summed E-state index contributed by atoms with van der Waals surface area (Å²) in [5.41, 5.74) is 2.04. The Labute approximate surface area is 111 Å². The van der Waals surface area contributed by atoms with Crippen LogP contribution >= 0.6 is 15.9 Å². The number of ketones is 1. The lowest BCUT2D eigenvalue weighted by Gasteiger charge is -2.35. The molecular formula is C14H18BrNO. The fourth-order valence-electron chi connectivity index (χ4n) is 2.58. The highest BCUT2D eigenvalue weighted by Crippen LogP contribution is 2.36. The second-order valence-corrected chi connectivity index (χ2v) is 6.20. The third-order valence-corrected chi connectivity index (χ3v) is 4.02. The number of anilines is 1. The highest BCUT2D eigenvalue weighted by molar-refractivity contribution is 9.10. The van der Waals surface area contributed by atoms with Gasteiger partial charge in [-0.15, -0.1) is 0 Å². The van der Waals surface area contributed by atoms with Crippen LogP contribution in [-0.4, -0.2) is 17.9 Å². The molecule has 92 valence electrons. The molecule has 2 nitrogen and oxygen atoms in total. The minimum atomic E-state index is 0.129. The van der Waals surface area contributed by atoms with Crippen molar-refractivity contribution in [2.45, 2.75) is 39.2 Å². The van der Waals surface area contributed by atoms with Gasteiger partial charge in [-0.3, -0.25) is 4.79 Å². The van der Waals surface area contributed by atoms with Crippen LogP contribution in [0.15, 0.2) is 22.7 Å². The third-order valence-electron chi connectivity index (χ3n) is 3.53. The summed E-state index contributed by atoms with van der Waals surface area (Å²) in [5, 5.41) is 0. The van der Waals surface area contributed by atoms with Gasteiger partial charge in [0.2, 0.25) is 0 Å². The van der Waals surface area contributed by atoms with Crippen molar-refractivity contribution in [3.63, 3.8) is 0 Å². The second kappa shape index (κ2) is 4.45. The van der Waals surface area contributed by atoms with E-state index in [0.717, 1.165) is 22.3 Å². The SMILES string of the molecule is CC(=O)c1cc(Br)ccc1N1CCCC1(C)C. The Hall–Kier alpha value is -0.830. The fourth-order valence-corrected chi connectivity index (χ4v) is 2.94. The summed E-state index contributed by atoms with van der Waals surface area (Å²) >= 11 is 3.43. The minimum Gasteiger partial charge on any atom is -0.366 e. The van der Waals surface area contributed by atoms with Crippen LogP contribution in [0.2, 0.25) is 0 Å². The number of Topliss-reactive ketones (excluding diaryl/α,β-unsaturated/α-hetero) is 1. The van der Waals surface area contributed by atoms with Crippen molar-refractivity contribution in [1.82, 2.24) is 0 Å². The summed E-state index contributed by atoms with van der Waals surface area (Å²) in [4.78, 5) is 14.1. The summed E-state index contributed by atoms with van der Waals surface area (Å²) in [6.07, 6.45) is 2.38. The van der Waals surface area contributed by atoms with Crippen molar-refractivity contribution < 1.29 is 4.79 Å². The van der Waals surface area contributed by atoms with Gasteiger partial charge in [0.25, 0.3) is 0 Å². The molecule has 0 aromatic heterocycles. The van der Waals surface area contributed by atoms with Crippen LogP contribution in [0.5, 0.6) is 0 Å². The van der Waals surface area contributed by atoms with Gasteiger partial charge in [0.05, 0.1) is 0 Å². The van der Waals surface area contributed by atoms with Gasteiger partial charge in [0.1, 0.15) is 0 Å². The van der Waals surface area contributed by atoms with Crippen molar-refractivity contribution in [3.8, 4) is 0 Å². The van der Waals surface area contributed by atoms with Gasteiger partial charge in [0, 0.05) is 27.8 Å². The summed E-state index contributed by atoms with van der Waals surface area (Å²) in [6, 6.07) is 5.98. The maximum Gasteiger partial charge on any atom is 0.161 e. The van der Waals surface area contributed by atoms with Crippen LogP contribution in [-0.2, 0) is 0 Å². The van der Waals surface area contributed by atoms with E-state index in [4.69, 9.17) is 0 Å². The van der Waals surface area contributed by atoms with Crippen LogP contribution in [0.25, 0.3) is 0 Å². The standard InChI is InChI=1S/C14H18BrNO/c1-10(17)12-9-11(15)5-6-13(12)16-8-4-7-14(16,2)3/h5-6,9H,4,7-8H2,1-3H3. The van der Waals surface area contributed by atoms with E-state index in [1.54, 1.807) is 6.92 Å². The number of halogens is 1. The first-order chi connectivity index (χ1) is 7.92. The van der Waals surface area contributed by atoms with Crippen molar-refractivity contribution in [3.05, 3.63) is 28.2 Å². The zero-order chi connectivity index (χ0) is 12.6. The Morgan fingerprint density at radius 2 is 2.12 bits per heavy atom. The molecule has 1 saturated heterocycles. The van der Waals surface area contributed by atoms with E-state index < -0.39 is 0 Å². The molecule has 3 heteroatoms. The van der Waals surface area contributed by atoms with Crippen molar-refractivity contribution >= 4 is 27.4 Å². The number of rotatable bonds is 2. The largest absolute Gasteiger partial charge is 0.366 e. The molecule has 1 aromatic rings. The zero-order valence-corrected chi connectivity index (χ0v) is 12.2. The molecular weight excluding hydrogens is 278 g/mol. The zero-order valence-electron chi connectivity index (χ0n) is 10.6. The molecule has 0 bridgehead atoms. The number of nitrogens with zero attached hydrogens (tertiary/aromatic N) is 1. The van der Waals surface area contributed by atoms with Crippen LogP contribution < -0.4 is 4.90 Å². The van der Waals surface area contributed by atoms with Crippen LogP contribution in [0.4, 0.5) is 5.69 Å². The molecule has 17 heavy (non-hydrogen) atoms. The van der Waals surface area contributed by atoms with E-state index in [-0.39, 0.29) is 11.3 Å². The molecule has 0 atom stereocenters. The van der Waals surface area contributed by atoms with Crippen LogP contribution in [0.1, 0.15) is 44.0 Å². The summed E-state index contributed by atoms with van der Waals surface area (Å²) < 4.78 is 0.962. The van der Waals surface area contributed by atoms with Crippen molar-refractivity contribution in [2.75, 3.05) is 11.4 Å². The lowest BCUT2D eigenvalue weighted by molar-refractivity contribution is 0.101. The number of hydrogen-bond acceptors (Lipinski definition) is 2. The Balaban J connectivity index is 2.48. The predicted molar refractivity (Wildman–Crippen MR) is 74.8 cm³/mol. The van der Waals surface area contributed by atoms with E-state index in [1.165, 1.54) is 12.8 Å². The maximum atomic E-state index is 11.7. The topological polar surface area (TPSA) is 20.3 Å². The lowest BCUT2D eigenvalue weighted by Crippen LogP contribution is -2.38. The Kier molecular flexibility index (Phi) is 3.30. The smallest absolute Gasteiger partial charge is 0.161 e. The fraction of sp³-hybridized carbons (Fsp3) is 0.500. The average Bonchev–Trinajstić information content (AvgIpc) is 2.58. The highest BCUT2D eigenvalue weighted by Gasteiger charge is 2.33. The van der Waals surface area contributed by atoms with Gasteiger partial charge in [-0.05, 0) is 51.8 Å². The Morgan fingerprint density at radius 1 is 1.41 bits per heavy atom. The van der Waals surface area contributed by atoms with Gasteiger partial charge < -0.3 is 4.90 Å². The van der Waals surface area contributed by atoms with Crippen LogP contribution in [0, 0.1) is 0 Å². The highest BCUT2D eigenvalue weighted by atomic mass is 79.9. The number of benzene rings is 1. The molecule has 1 heterocycles. The van der Waals surface area contributed by atoms with Gasteiger partial charge in [0.15, 0.2) is 5.78 Å². The van der Waals surface area contributed by atoms with Crippen molar-refractivity contribution in [1.29, 1.82) is 0 Å². The molecule has 0 spiro atoms. The van der Waals surface area contributed by atoms with E-state index >= 15 is 0 Å². The minimum absolute atomic E-state index is 0.129. The lowest BCUT2D eigenvalue weighted by atomic mass is 10.00. The van der Waals surface area contributed by atoms with Crippen molar-refractivity contribution in [2.24, 2.45) is 0 Å². The molecule has 1 aliphatic heterocycles. The molecule has 0 unspecified atom stereocenters. The van der Waals surface area contributed by atoms with Gasteiger partial charge >= 0.3 is 0 Å². The van der Waals surface area contributed by atoms with Gasteiger partial charge in [-0.2, -0.15) is 0 Å².